The topological polar surface area (TPSA) is 75.4 Å². The van der Waals surface area contributed by atoms with Crippen molar-refractivity contribution < 1.29 is 9.59 Å². The van der Waals surface area contributed by atoms with Gasteiger partial charge in [-0.3, -0.25) is 14.5 Å². The van der Waals surface area contributed by atoms with Crippen molar-refractivity contribution >= 4 is 29.1 Å². The zero-order valence-corrected chi connectivity index (χ0v) is 15.4. The van der Waals surface area contributed by atoms with Crippen molar-refractivity contribution in [3.05, 3.63) is 64.2 Å². The lowest BCUT2D eigenvalue weighted by Gasteiger charge is -2.22. The summed E-state index contributed by atoms with van der Waals surface area (Å²) in [5.41, 5.74) is 8.41. The second-order valence-corrected chi connectivity index (χ2v) is 7.07. The van der Waals surface area contributed by atoms with Crippen LogP contribution in [0.1, 0.15) is 34.3 Å². The number of primary amides is 1. The van der Waals surface area contributed by atoms with Crippen LogP contribution >= 0.6 is 11.6 Å². The number of nitrogens with zero attached hydrogens (tertiary/aromatic N) is 1. The molecule has 1 aliphatic rings. The second kappa shape index (κ2) is 7.89. The van der Waals surface area contributed by atoms with Crippen molar-refractivity contribution in [2.24, 2.45) is 5.73 Å². The lowest BCUT2D eigenvalue weighted by atomic mass is 10.1. The SMILES string of the molecule is Cc1c(Cl)cccc1NC(=O)CN(Cc1ccc(C(N)=O)cc1)C1CC1. The van der Waals surface area contributed by atoms with Crippen LogP contribution in [-0.4, -0.2) is 29.3 Å². The van der Waals surface area contributed by atoms with Crippen LogP contribution in [0.5, 0.6) is 0 Å². The fourth-order valence-corrected chi connectivity index (χ4v) is 3.05. The third kappa shape index (κ3) is 4.62. The van der Waals surface area contributed by atoms with E-state index >= 15 is 0 Å². The number of nitrogens with two attached hydrogens (primary N) is 1. The quantitative estimate of drug-likeness (QED) is 0.783. The van der Waals surface area contributed by atoms with E-state index in [4.69, 9.17) is 17.3 Å². The van der Waals surface area contributed by atoms with Crippen LogP contribution < -0.4 is 11.1 Å². The number of benzene rings is 2. The Balaban J connectivity index is 1.64. The van der Waals surface area contributed by atoms with Gasteiger partial charge in [-0.25, -0.2) is 0 Å². The van der Waals surface area contributed by atoms with E-state index in [1.807, 2.05) is 31.2 Å². The van der Waals surface area contributed by atoms with E-state index in [0.29, 0.717) is 29.7 Å². The first-order valence-electron chi connectivity index (χ1n) is 8.62. The Morgan fingerprint density at radius 1 is 1.19 bits per heavy atom. The predicted molar refractivity (Wildman–Crippen MR) is 103 cm³/mol. The molecule has 3 rings (SSSR count). The van der Waals surface area contributed by atoms with E-state index in [9.17, 15) is 9.59 Å². The van der Waals surface area contributed by atoms with Crippen molar-refractivity contribution in [3.8, 4) is 0 Å². The molecule has 0 heterocycles. The van der Waals surface area contributed by atoms with E-state index < -0.39 is 5.91 Å². The second-order valence-electron chi connectivity index (χ2n) is 6.66. The molecule has 1 fully saturated rings. The third-order valence-corrected chi connectivity index (χ3v) is 4.99. The molecule has 3 N–H and O–H groups in total. The largest absolute Gasteiger partial charge is 0.366 e. The summed E-state index contributed by atoms with van der Waals surface area (Å²) < 4.78 is 0. The molecule has 2 aromatic rings. The molecule has 0 aliphatic heterocycles. The van der Waals surface area contributed by atoms with Crippen LogP contribution in [-0.2, 0) is 11.3 Å². The lowest BCUT2D eigenvalue weighted by molar-refractivity contribution is -0.117. The number of hydrogen-bond donors (Lipinski definition) is 2. The van der Waals surface area contributed by atoms with Crippen LogP contribution in [0.25, 0.3) is 0 Å². The summed E-state index contributed by atoms with van der Waals surface area (Å²) in [6, 6.07) is 13.1. The minimum Gasteiger partial charge on any atom is -0.366 e. The highest BCUT2D eigenvalue weighted by Crippen LogP contribution is 2.28. The summed E-state index contributed by atoms with van der Waals surface area (Å²) in [6.07, 6.45) is 2.20. The maximum Gasteiger partial charge on any atom is 0.248 e. The summed E-state index contributed by atoms with van der Waals surface area (Å²) >= 11 is 6.11. The van der Waals surface area contributed by atoms with Crippen molar-refractivity contribution in [2.75, 3.05) is 11.9 Å². The van der Waals surface area contributed by atoms with Gasteiger partial charge >= 0.3 is 0 Å². The summed E-state index contributed by atoms with van der Waals surface area (Å²) in [7, 11) is 0. The Bertz CT molecular complexity index is 816. The van der Waals surface area contributed by atoms with Crippen molar-refractivity contribution in [3.63, 3.8) is 0 Å². The highest BCUT2D eigenvalue weighted by molar-refractivity contribution is 6.31. The maximum atomic E-state index is 12.5. The molecule has 0 saturated heterocycles. The number of anilines is 1. The Morgan fingerprint density at radius 3 is 2.50 bits per heavy atom. The molecule has 0 bridgehead atoms. The number of halogens is 1. The molecule has 0 spiro atoms. The number of amides is 2. The number of rotatable bonds is 7. The van der Waals surface area contributed by atoms with E-state index in [0.717, 1.165) is 29.7 Å². The molecule has 26 heavy (non-hydrogen) atoms. The van der Waals surface area contributed by atoms with Gasteiger partial charge < -0.3 is 11.1 Å². The minimum atomic E-state index is -0.438. The Morgan fingerprint density at radius 2 is 1.88 bits per heavy atom. The van der Waals surface area contributed by atoms with E-state index in [2.05, 4.69) is 10.2 Å². The van der Waals surface area contributed by atoms with Crippen LogP contribution in [0.2, 0.25) is 5.02 Å². The van der Waals surface area contributed by atoms with Gasteiger partial charge in [-0.1, -0.05) is 29.8 Å². The first-order chi connectivity index (χ1) is 12.4. The maximum absolute atomic E-state index is 12.5. The molecule has 1 saturated carbocycles. The normalized spacial score (nSPS) is 13.7. The Labute approximate surface area is 158 Å². The van der Waals surface area contributed by atoms with E-state index in [-0.39, 0.29) is 5.91 Å². The van der Waals surface area contributed by atoms with Gasteiger partial charge in [-0.2, -0.15) is 0 Å². The summed E-state index contributed by atoms with van der Waals surface area (Å²) in [4.78, 5) is 25.8. The van der Waals surface area contributed by atoms with Crippen molar-refractivity contribution in [1.29, 1.82) is 0 Å². The van der Waals surface area contributed by atoms with Gasteiger partial charge in [-0.15, -0.1) is 0 Å². The number of nitrogens with one attached hydrogen (secondary N) is 1. The molecule has 0 aromatic heterocycles. The molecule has 2 amide bonds. The smallest absolute Gasteiger partial charge is 0.248 e. The predicted octanol–water partition coefficient (Wildman–Crippen LogP) is 3.35. The highest BCUT2D eigenvalue weighted by Gasteiger charge is 2.30. The molecule has 0 atom stereocenters. The monoisotopic (exact) mass is 371 g/mol. The average molecular weight is 372 g/mol. The van der Waals surface area contributed by atoms with Gasteiger partial charge in [-0.05, 0) is 55.2 Å². The number of carbonyl (C=O) groups excluding carboxylic acids is 2. The van der Waals surface area contributed by atoms with Gasteiger partial charge in [0.1, 0.15) is 0 Å². The van der Waals surface area contributed by atoms with Gasteiger partial charge in [0.25, 0.3) is 0 Å². The molecular weight excluding hydrogens is 350 g/mol. The average Bonchev–Trinajstić information content (AvgIpc) is 3.44. The molecule has 6 heteroatoms. The fraction of sp³-hybridized carbons (Fsp3) is 0.300. The Kier molecular flexibility index (Phi) is 5.59. The van der Waals surface area contributed by atoms with Gasteiger partial charge in [0.15, 0.2) is 0 Å². The molecule has 0 unspecified atom stereocenters. The first kappa shape index (κ1) is 18.4. The molecule has 136 valence electrons. The zero-order chi connectivity index (χ0) is 18.7. The third-order valence-electron chi connectivity index (χ3n) is 4.58. The molecule has 5 nitrogen and oxygen atoms in total. The van der Waals surface area contributed by atoms with Crippen LogP contribution in [0.4, 0.5) is 5.69 Å². The molecule has 0 radical (unpaired) electrons. The van der Waals surface area contributed by atoms with Crippen molar-refractivity contribution in [1.82, 2.24) is 4.90 Å². The minimum absolute atomic E-state index is 0.0592. The zero-order valence-electron chi connectivity index (χ0n) is 14.7. The fourth-order valence-electron chi connectivity index (χ4n) is 2.88. The van der Waals surface area contributed by atoms with Crippen LogP contribution in [0.15, 0.2) is 42.5 Å². The van der Waals surface area contributed by atoms with Gasteiger partial charge in [0, 0.05) is 28.9 Å². The number of carbonyl (C=O) groups is 2. The standard InChI is InChI=1S/C20H22ClN3O2/c1-13-17(21)3-2-4-18(13)23-19(25)12-24(16-9-10-16)11-14-5-7-15(8-6-14)20(22)26/h2-8,16H,9-12H2,1H3,(H2,22,26)(H,23,25). The lowest BCUT2D eigenvalue weighted by Crippen LogP contribution is -2.34. The van der Waals surface area contributed by atoms with Crippen LogP contribution in [0.3, 0.4) is 0 Å². The first-order valence-corrected chi connectivity index (χ1v) is 8.99. The summed E-state index contributed by atoms with van der Waals surface area (Å²) in [6.45, 7) is 2.86. The molecule has 2 aromatic carbocycles. The van der Waals surface area contributed by atoms with Gasteiger partial charge in [0.2, 0.25) is 11.8 Å². The molecular formula is C20H22ClN3O2. The number of hydrogen-bond acceptors (Lipinski definition) is 3. The van der Waals surface area contributed by atoms with E-state index in [1.165, 1.54) is 0 Å². The van der Waals surface area contributed by atoms with E-state index in [1.54, 1.807) is 18.2 Å². The summed E-state index contributed by atoms with van der Waals surface area (Å²) in [5, 5.41) is 3.58. The summed E-state index contributed by atoms with van der Waals surface area (Å²) in [5.74, 6) is -0.497. The highest BCUT2D eigenvalue weighted by atomic mass is 35.5. The Hall–Kier alpha value is -2.37. The van der Waals surface area contributed by atoms with Gasteiger partial charge in [0.05, 0.1) is 6.54 Å². The van der Waals surface area contributed by atoms with Crippen molar-refractivity contribution in [2.45, 2.75) is 32.4 Å². The molecule has 1 aliphatic carbocycles. The van der Waals surface area contributed by atoms with Crippen LogP contribution in [0, 0.1) is 6.92 Å².